The number of nitrogens with zero attached hydrogens (tertiary/aromatic N) is 1. The lowest BCUT2D eigenvalue weighted by molar-refractivity contribution is 0.0742. The molecule has 6 nitrogen and oxygen atoms in total. The van der Waals surface area contributed by atoms with Crippen LogP contribution in [0, 0.1) is 6.92 Å². The summed E-state index contributed by atoms with van der Waals surface area (Å²) in [5.41, 5.74) is 0.876. The predicted molar refractivity (Wildman–Crippen MR) is 75.7 cm³/mol. The smallest absolute Gasteiger partial charge is 0.254 e. The van der Waals surface area contributed by atoms with Crippen molar-refractivity contribution in [2.45, 2.75) is 11.8 Å². The second kappa shape index (κ2) is 6.65. The van der Waals surface area contributed by atoms with Gasteiger partial charge in [0.05, 0.1) is 11.5 Å². The maximum absolute atomic E-state index is 12.4. The van der Waals surface area contributed by atoms with Gasteiger partial charge in [-0.3, -0.25) is 4.79 Å². The molecule has 7 heteroatoms. The van der Waals surface area contributed by atoms with Crippen molar-refractivity contribution in [3.05, 3.63) is 42.0 Å². The highest BCUT2D eigenvalue weighted by atomic mass is 32.2. The fraction of sp³-hybridized carbons (Fsp3) is 0.308. The second-order valence-electron chi connectivity index (χ2n) is 4.29. The van der Waals surface area contributed by atoms with E-state index in [4.69, 9.17) is 10.2 Å². The summed E-state index contributed by atoms with van der Waals surface area (Å²) in [5.74, 6) is -0.373. The highest BCUT2D eigenvalue weighted by molar-refractivity contribution is 7.89. The summed E-state index contributed by atoms with van der Waals surface area (Å²) < 4.78 is 22.7. The molecule has 0 fully saturated rings. The fourth-order valence-electron chi connectivity index (χ4n) is 1.73. The molecule has 0 atom stereocenters. The molecular formula is C13H18N2O4S. The average molecular weight is 298 g/mol. The summed E-state index contributed by atoms with van der Waals surface area (Å²) in [6, 6.07) is 4.13. The lowest BCUT2D eigenvalue weighted by Gasteiger charge is -2.21. The maximum atomic E-state index is 12.4. The molecule has 0 saturated carbocycles. The number of primary sulfonamides is 1. The van der Waals surface area contributed by atoms with Gasteiger partial charge in [-0.1, -0.05) is 12.1 Å². The first kappa shape index (κ1) is 16.4. The third-order valence-electron chi connectivity index (χ3n) is 2.77. The third-order valence-corrected chi connectivity index (χ3v) is 3.69. The van der Waals surface area contributed by atoms with Crippen molar-refractivity contribution in [2.75, 3.05) is 19.7 Å². The van der Waals surface area contributed by atoms with Crippen molar-refractivity contribution in [3.63, 3.8) is 0 Å². The van der Waals surface area contributed by atoms with Crippen LogP contribution in [0.2, 0.25) is 0 Å². The summed E-state index contributed by atoms with van der Waals surface area (Å²) in [6.45, 7) is 5.46. The van der Waals surface area contributed by atoms with E-state index in [1.165, 1.54) is 29.2 Å². The largest absolute Gasteiger partial charge is 0.395 e. The Hall–Kier alpha value is -1.70. The van der Waals surface area contributed by atoms with Gasteiger partial charge in [0, 0.05) is 18.7 Å². The minimum atomic E-state index is -3.87. The Bertz CT molecular complexity index is 611. The molecule has 0 unspecified atom stereocenters. The van der Waals surface area contributed by atoms with E-state index in [0.29, 0.717) is 5.56 Å². The molecule has 3 N–H and O–H groups in total. The summed E-state index contributed by atoms with van der Waals surface area (Å²) in [5, 5.41) is 14.0. The lowest BCUT2D eigenvalue weighted by Crippen LogP contribution is -2.34. The van der Waals surface area contributed by atoms with Gasteiger partial charge in [-0.2, -0.15) is 0 Å². The van der Waals surface area contributed by atoms with Crippen LogP contribution in [0.1, 0.15) is 15.9 Å². The Balaban J connectivity index is 3.23. The Morgan fingerprint density at radius 1 is 1.50 bits per heavy atom. The third kappa shape index (κ3) is 3.89. The molecule has 0 aliphatic carbocycles. The minimum Gasteiger partial charge on any atom is -0.395 e. The van der Waals surface area contributed by atoms with Crippen LogP contribution in [-0.2, 0) is 10.0 Å². The lowest BCUT2D eigenvalue weighted by atomic mass is 10.1. The SMILES string of the molecule is C=CCN(CCO)C(=O)c1cc(S(N)(=O)=O)ccc1C. The zero-order valence-corrected chi connectivity index (χ0v) is 12.1. The number of nitrogens with two attached hydrogens (primary N) is 1. The molecule has 0 saturated heterocycles. The highest BCUT2D eigenvalue weighted by Gasteiger charge is 2.19. The second-order valence-corrected chi connectivity index (χ2v) is 5.85. The molecule has 0 radical (unpaired) electrons. The summed E-state index contributed by atoms with van der Waals surface area (Å²) in [7, 11) is -3.87. The predicted octanol–water partition coefficient (Wildman–Crippen LogP) is 0.263. The first-order chi connectivity index (χ1) is 9.31. The van der Waals surface area contributed by atoms with E-state index in [2.05, 4.69) is 6.58 Å². The molecule has 1 aromatic rings. The van der Waals surface area contributed by atoms with Crippen LogP contribution in [0.15, 0.2) is 35.7 Å². The van der Waals surface area contributed by atoms with Crippen molar-refractivity contribution in [1.82, 2.24) is 4.90 Å². The number of aryl methyl sites for hydroxylation is 1. The number of benzene rings is 1. The quantitative estimate of drug-likeness (QED) is 0.736. The molecule has 0 aliphatic heterocycles. The van der Waals surface area contributed by atoms with Gasteiger partial charge >= 0.3 is 0 Å². The maximum Gasteiger partial charge on any atom is 0.254 e. The number of hydrogen-bond acceptors (Lipinski definition) is 4. The Kier molecular flexibility index (Phi) is 5.43. The first-order valence-electron chi connectivity index (χ1n) is 5.95. The van der Waals surface area contributed by atoms with E-state index in [0.717, 1.165) is 0 Å². The molecule has 0 aliphatic rings. The van der Waals surface area contributed by atoms with Crippen LogP contribution in [0.5, 0.6) is 0 Å². The van der Waals surface area contributed by atoms with E-state index in [1.807, 2.05) is 0 Å². The molecule has 0 aromatic heterocycles. The van der Waals surface area contributed by atoms with Crippen molar-refractivity contribution in [2.24, 2.45) is 5.14 Å². The normalized spacial score (nSPS) is 11.2. The number of carbonyl (C=O) groups is 1. The molecule has 110 valence electrons. The van der Waals surface area contributed by atoms with Crippen molar-refractivity contribution in [1.29, 1.82) is 0 Å². The first-order valence-corrected chi connectivity index (χ1v) is 7.50. The van der Waals surface area contributed by atoms with E-state index in [-0.39, 0.29) is 36.1 Å². The minimum absolute atomic E-state index is 0.117. The number of carbonyl (C=O) groups excluding carboxylic acids is 1. The molecule has 1 aromatic carbocycles. The number of aliphatic hydroxyl groups excluding tert-OH is 1. The van der Waals surface area contributed by atoms with E-state index in [9.17, 15) is 13.2 Å². The van der Waals surface area contributed by atoms with E-state index in [1.54, 1.807) is 6.92 Å². The van der Waals surface area contributed by atoms with Gasteiger partial charge < -0.3 is 10.0 Å². The van der Waals surface area contributed by atoms with Crippen molar-refractivity contribution >= 4 is 15.9 Å². The van der Waals surface area contributed by atoms with Gasteiger partial charge in [0.25, 0.3) is 5.91 Å². The average Bonchev–Trinajstić information content (AvgIpc) is 2.37. The van der Waals surface area contributed by atoms with Gasteiger partial charge in [-0.15, -0.1) is 6.58 Å². The van der Waals surface area contributed by atoms with Crippen LogP contribution in [0.4, 0.5) is 0 Å². The zero-order chi connectivity index (χ0) is 15.3. The molecule has 1 amide bonds. The van der Waals surface area contributed by atoms with Gasteiger partial charge in [0.1, 0.15) is 0 Å². The number of amides is 1. The van der Waals surface area contributed by atoms with Crippen LogP contribution >= 0.6 is 0 Å². The van der Waals surface area contributed by atoms with Crippen LogP contribution in [0.3, 0.4) is 0 Å². The Morgan fingerprint density at radius 3 is 2.65 bits per heavy atom. The Morgan fingerprint density at radius 2 is 2.15 bits per heavy atom. The van der Waals surface area contributed by atoms with Crippen LogP contribution < -0.4 is 5.14 Å². The van der Waals surface area contributed by atoms with Crippen LogP contribution in [-0.4, -0.2) is 44.0 Å². The summed E-state index contributed by atoms with van der Waals surface area (Å²) in [6.07, 6.45) is 1.53. The summed E-state index contributed by atoms with van der Waals surface area (Å²) in [4.78, 5) is 13.6. The fourth-order valence-corrected chi connectivity index (χ4v) is 2.27. The molecule has 0 bridgehead atoms. The molecule has 0 spiro atoms. The van der Waals surface area contributed by atoms with E-state index < -0.39 is 10.0 Å². The number of rotatable bonds is 6. The van der Waals surface area contributed by atoms with Gasteiger partial charge in [0.2, 0.25) is 10.0 Å². The van der Waals surface area contributed by atoms with Gasteiger partial charge in [-0.05, 0) is 24.6 Å². The molecular weight excluding hydrogens is 280 g/mol. The van der Waals surface area contributed by atoms with Crippen molar-refractivity contribution < 1.29 is 18.3 Å². The highest BCUT2D eigenvalue weighted by Crippen LogP contribution is 2.16. The molecule has 20 heavy (non-hydrogen) atoms. The van der Waals surface area contributed by atoms with Gasteiger partial charge in [-0.25, -0.2) is 13.6 Å². The standard InChI is InChI=1S/C13H18N2O4S/c1-3-6-15(7-8-16)13(17)12-9-11(20(14,18)19)5-4-10(12)2/h3-5,9,16H,1,6-8H2,2H3,(H2,14,18,19). The number of sulfonamides is 1. The zero-order valence-electron chi connectivity index (χ0n) is 11.2. The molecule has 0 heterocycles. The van der Waals surface area contributed by atoms with Crippen molar-refractivity contribution in [3.8, 4) is 0 Å². The number of aliphatic hydroxyl groups is 1. The van der Waals surface area contributed by atoms with E-state index >= 15 is 0 Å². The number of hydrogen-bond donors (Lipinski definition) is 2. The monoisotopic (exact) mass is 298 g/mol. The molecule has 1 rings (SSSR count). The topological polar surface area (TPSA) is 101 Å². The Labute approximate surface area is 118 Å². The summed E-state index contributed by atoms with van der Waals surface area (Å²) >= 11 is 0. The van der Waals surface area contributed by atoms with Gasteiger partial charge in [0.15, 0.2) is 0 Å². The van der Waals surface area contributed by atoms with Crippen LogP contribution in [0.25, 0.3) is 0 Å².